The predicted octanol–water partition coefficient (Wildman–Crippen LogP) is 5.56. The Morgan fingerprint density at radius 3 is 2.55 bits per heavy atom. The predicted molar refractivity (Wildman–Crippen MR) is 128 cm³/mol. The maximum Gasteiger partial charge on any atom is 0.422 e. The van der Waals surface area contributed by atoms with Gasteiger partial charge in [-0.2, -0.15) is 0 Å². The molecule has 174 valence electrons. The highest BCUT2D eigenvalue weighted by atomic mass is 32.2. The summed E-state index contributed by atoms with van der Waals surface area (Å²) in [6.45, 7) is 11.2. The second-order valence-electron chi connectivity index (χ2n) is 8.30. The van der Waals surface area contributed by atoms with Gasteiger partial charge in [-0.15, -0.1) is 16.8 Å². The van der Waals surface area contributed by atoms with Crippen LogP contribution < -0.4 is 5.32 Å². The van der Waals surface area contributed by atoms with Gasteiger partial charge in [-0.3, -0.25) is 4.79 Å². The van der Waals surface area contributed by atoms with Crippen LogP contribution in [0.3, 0.4) is 0 Å². The molecule has 1 aromatic carbocycles. The van der Waals surface area contributed by atoms with Gasteiger partial charge in [0.05, 0.1) is 17.1 Å². The first-order chi connectivity index (χ1) is 15.7. The van der Waals surface area contributed by atoms with Crippen LogP contribution in [0.2, 0.25) is 0 Å². The van der Waals surface area contributed by atoms with E-state index in [-0.39, 0.29) is 16.9 Å². The zero-order chi connectivity index (χ0) is 24.0. The normalized spacial score (nSPS) is 12.2. The standard InChI is InChI=1S/C24H28N4O4S/c1-6-8-19(21(29)25-18-11-9-16(7-2)10-12-18)33-22-27-26-20(17-13-14-31-15-17)28(22)23(30)32-24(3,4)5/h6,9-15,19H,1,7-8H2,2-5H3,(H,25,29). The average Bonchev–Trinajstić information content (AvgIpc) is 3.42. The average molecular weight is 469 g/mol. The summed E-state index contributed by atoms with van der Waals surface area (Å²) in [7, 11) is 0. The molecule has 0 aliphatic rings. The van der Waals surface area contributed by atoms with Crippen molar-refractivity contribution in [3.05, 3.63) is 61.1 Å². The Labute approximate surface area is 197 Å². The quantitative estimate of drug-likeness (QED) is 0.341. The summed E-state index contributed by atoms with van der Waals surface area (Å²) in [4.78, 5) is 26.1. The lowest BCUT2D eigenvalue weighted by molar-refractivity contribution is -0.115. The van der Waals surface area contributed by atoms with E-state index in [0.717, 1.165) is 18.2 Å². The molecule has 1 N–H and O–H groups in total. The number of anilines is 1. The van der Waals surface area contributed by atoms with Crippen molar-refractivity contribution >= 4 is 29.4 Å². The number of carbonyl (C=O) groups excluding carboxylic acids is 2. The Morgan fingerprint density at radius 2 is 1.97 bits per heavy atom. The van der Waals surface area contributed by atoms with Gasteiger partial charge in [0.15, 0.2) is 5.82 Å². The van der Waals surface area contributed by atoms with Gasteiger partial charge in [0, 0.05) is 5.69 Å². The van der Waals surface area contributed by atoms with Gasteiger partial charge in [-0.05, 0) is 57.4 Å². The third-order valence-corrected chi connectivity index (χ3v) is 5.71. The SMILES string of the molecule is C=CCC(Sc1nnc(-c2ccoc2)n1C(=O)OC(C)(C)C)C(=O)Nc1ccc(CC)cc1. The molecule has 0 saturated heterocycles. The number of ether oxygens (including phenoxy) is 1. The fourth-order valence-electron chi connectivity index (χ4n) is 2.93. The zero-order valence-electron chi connectivity index (χ0n) is 19.2. The maximum atomic E-state index is 13.0. The molecule has 3 aromatic rings. The van der Waals surface area contributed by atoms with E-state index < -0.39 is 16.9 Å². The van der Waals surface area contributed by atoms with Crippen LogP contribution >= 0.6 is 11.8 Å². The molecular formula is C24H28N4O4S. The number of aromatic nitrogens is 3. The van der Waals surface area contributed by atoms with E-state index >= 15 is 0 Å². The number of thioether (sulfide) groups is 1. The van der Waals surface area contributed by atoms with Crippen LogP contribution in [-0.4, -0.2) is 37.6 Å². The fraction of sp³-hybridized carbons (Fsp3) is 0.333. The minimum absolute atomic E-state index is 0.229. The Bertz CT molecular complexity index is 1100. The van der Waals surface area contributed by atoms with Gasteiger partial charge in [0.1, 0.15) is 11.9 Å². The summed E-state index contributed by atoms with van der Waals surface area (Å²) in [6.07, 6.45) is 5.25. The van der Waals surface area contributed by atoms with Crippen LogP contribution in [0.5, 0.6) is 0 Å². The minimum atomic E-state index is -0.723. The van der Waals surface area contributed by atoms with Crippen molar-refractivity contribution in [2.24, 2.45) is 0 Å². The van der Waals surface area contributed by atoms with E-state index in [4.69, 9.17) is 9.15 Å². The summed E-state index contributed by atoms with van der Waals surface area (Å²) in [5, 5.41) is 10.9. The summed E-state index contributed by atoms with van der Waals surface area (Å²) in [6, 6.07) is 9.36. The molecule has 0 aliphatic carbocycles. The molecule has 0 spiro atoms. The number of carbonyl (C=O) groups is 2. The second-order valence-corrected chi connectivity index (χ2v) is 9.47. The monoisotopic (exact) mass is 468 g/mol. The number of allylic oxidation sites excluding steroid dienone is 1. The first-order valence-electron chi connectivity index (χ1n) is 10.6. The van der Waals surface area contributed by atoms with E-state index in [1.54, 1.807) is 32.9 Å². The number of hydrogen-bond donors (Lipinski definition) is 1. The van der Waals surface area contributed by atoms with Gasteiger partial charge >= 0.3 is 6.09 Å². The second kappa shape index (κ2) is 10.5. The van der Waals surface area contributed by atoms with E-state index in [1.165, 1.54) is 22.7 Å². The van der Waals surface area contributed by atoms with Gasteiger partial charge in [-0.1, -0.05) is 36.9 Å². The van der Waals surface area contributed by atoms with Gasteiger partial charge in [0.25, 0.3) is 0 Å². The van der Waals surface area contributed by atoms with Crippen LogP contribution in [0.25, 0.3) is 11.4 Å². The highest BCUT2D eigenvalue weighted by Crippen LogP contribution is 2.30. The van der Waals surface area contributed by atoms with Crippen molar-refractivity contribution in [3.8, 4) is 11.4 Å². The molecule has 0 saturated carbocycles. The number of furan rings is 1. The number of aryl methyl sites for hydroxylation is 1. The molecule has 3 rings (SSSR count). The Balaban J connectivity index is 1.88. The molecule has 2 heterocycles. The third kappa shape index (κ3) is 6.35. The summed E-state index contributed by atoms with van der Waals surface area (Å²) in [5.41, 5.74) is 1.72. The first kappa shape index (κ1) is 24.3. The number of nitrogens with zero attached hydrogens (tertiary/aromatic N) is 3. The number of benzene rings is 1. The van der Waals surface area contributed by atoms with Crippen LogP contribution in [-0.2, 0) is 16.0 Å². The fourth-order valence-corrected chi connectivity index (χ4v) is 3.94. The summed E-state index contributed by atoms with van der Waals surface area (Å²) in [5.74, 6) is 0.0427. The van der Waals surface area contributed by atoms with Gasteiger partial charge in [0.2, 0.25) is 11.1 Å². The van der Waals surface area contributed by atoms with Crippen LogP contribution in [0.15, 0.2) is 65.1 Å². The Kier molecular flexibility index (Phi) is 7.75. The number of amides is 1. The zero-order valence-corrected chi connectivity index (χ0v) is 20.0. The molecule has 8 nitrogen and oxygen atoms in total. The molecule has 9 heteroatoms. The molecule has 1 unspecified atom stereocenters. The largest absolute Gasteiger partial charge is 0.472 e. The van der Waals surface area contributed by atoms with Crippen molar-refractivity contribution in [3.63, 3.8) is 0 Å². The lowest BCUT2D eigenvalue weighted by Gasteiger charge is -2.21. The van der Waals surface area contributed by atoms with Crippen molar-refractivity contribution < 1.29 is 18.7 Å². The van der Waals surface area contributed by atoms with Crippen molar-refractivity contribution in [1.29, 1.82) is 0 Å². The van der Waals surface area contributed by atoms with Crippen LogP contribution in [0.4, 0.5) is 10.5 Å². The smallest absolute Gasteiger partial charge is 0.422 e. The van der Waals surface area contributed by atoms with Crippen LogP contribution in [0.1, 0.15) is 39.7 Å². The van der Waals surface area contributed by atoms with Crippen molar-refractivity contribution in [2.45, 2.75) is 56.5 Å². The summed E-state index contributed by atoms with van der Waals surface area (Å²) < 4.78 is 12.0. The highest BCUT2D eigenvalue weighted by Gasteiger charge is 2.29. The Morgan fingerprint density at radius 1 is 1.24 bits per heavy atom. The minimum Gasteiger partial charge on any atom is -0.472 e. The third-order valence-electron chi connectivity index (χ3n) is 4.54. The Hall–Kier alpha value is -3.33. The topological polar surface area (TPSA) is 99.2 Å². The van der Waals surface area contributed by atoms with Crippen molar-refractivity contribution in [1.82, 2.24) is 14.8 Å². The highest BCUT2D eigenvalue weighted by molar-refractivity contribution is 8.00. The molecule has 0 fully saturated rings. The van der Waals surface area contributed by atoms with E-state index in [1.807, 2.05) is 24.3 Å². The number of rotatable bonds is 8. The molecule has 1 atom stereocenters. The van der Waals surface area contributed by atoms with Gasteiger partial charge in [-0.25, -0.2) is 9.36 Å². The van der Waals surface area contributed by atoms with Crippen molar-refractivity contribution in [2.75, 3.05) is 5.32 Å². The van der Waals surface area contributed by atoms with E-state index in [0.29, 0.717) is 17.7 Å². The molecule has 1 amide bonds. The number of nitrogens with one attached hydrogen (secondary N) is 1. The van der Waals surface area contributed by atoms with E-state index in [9.17, 15) is 9.59 Å². The molecule has 2 aromatic heterocycles. The maximum absolute atomic E-state index is 13.0. The van der Waals surface area contributed by atoms with Crippen LogP contribution in [0, 0.1) is 0 Å². The molecule has 0 radical (unpaired) electrons. The first-order valence-corrected chi connectivity index (χ1v) is 11.5. The molecule has 33 heavy (non-hydrogen) atoms. The van der Waals surface area contributed by atoms with Gasteiger partial charge < -0.3 is 14.5 Å². The molecule has 0 bridgehead atoms. The van der Waals surface area contributed by atoms with E-state index in [2.05, 4.69) is 29.0 Å². The molecule has 0 aliphatic heterocycles. The number of hydrogen-bond acceptors (Lipinski definition) is 7. The summed E-state index contributed by atoms with van der Waals surface area (Å²) >= 11 is 1.12. The lowest BCUT2D eigenvalue weighted by Crippen LogP contribution is -2.29. The lowest BCUT2D eigenvalue weighted by atomic mass is 10.1. The molecular weight excluding hydrogens is 440 g/mol.